The Hall–Kier alpha value is -0.810. The zero-order valence-electron chi connectivity index (χ0n) is 8.09. The highest BCUT2D eigenvalue weighted by atomic mass is 16.5. The summed E-state index contributed by atoms with van der Waals surface area (Å²) in [5, 5.41) is 8.68. The summed E-state index contributed by atoms with van der Waals surface area (Å²) in [6, 6.07) is -0.0465. The first kappa shape index (κ1) is 10.3. The van der Waals surface area contributed by atoms with Crippen LogP contribution < -0.4 is 16.0 Å². The summed E-state index contributed by atoms with van der Waals surface area (Å²) < 4.78 is 5.20. The lowest BCUT2D eigenvalue weighted by Gasteiger charge is -2.18. The number of hydrogen-bond acceptors (Lipinski definition) is 3. The summed E-state index contributed by atoms with van der Waals surface area (Å²) in [6.07, 6.45) is 0.0857. The highest BCUT2D eigenvalue weighted by Gasteiger charge is 2.27. The lowest BCUT2D eigenvalue weighted by atomic mass is 10.2. The molecule has 1 aliphatic rings. The lowest BCUT2D eigenvalue weighted by Crippen LogP contribution is -2.47. The molecule has 0 saturated carbocycles. The quantitative estimate of drug-likeness (QED) is 0.547. The number of methoxy groups -OCH3 is 1. The van der Waals surface area contributed by atoms with Gasteiger partial charge in [0.2, 0.25) is 0 Å². The molecule has 3 N–H and O–H groups in total. The topological polar surface area (TPSA) is 62.4 Å². The Labute approximate surface area is 78.2 Å². The van der Waals surface area contributed by atoms with Crippen molar-refractivity contribution in [3.8, 4) is 0 Å². The third kappa shape index (κ3) is 2.86. The minimum Gasteiger partial charge on any atom is -0.378 e. The third-order valence-corrected chi connectivity index (χ3v) is 2.12. The van der Waals surface area contributed by atoms with Crippen molar-refractivity contribution >= 4 is 6.03 Å². The van der Waals surface area contributed by atoms with Crippen LogP contribution in [-0.4, -0.2) is 44.9 Å². The van der Waals surface area contributed by atoms with E-state index in [-0.39, 0.29) is 18.2 Å². The summed E-state index contributed by atoms with van der Waals surface area (Å²) >= 11 is 0. The van der Waals surface area contributed by atoms with E-state index in [0.29, 0.717) is 6.54 Å². The van der Waals surface area contributed by atoms with Crippen LogP contribution in [0.25, 0.3) is 0 Å². The van der Waals surface area contributed by atoms with Crippen molar-refractivity contribution in [1.82, 2.24) is 16.0 Å². The van der Waals surface area contributed by atoms with E-state index in [1.54, 1.807) is 7.11 Å². The van der Waals surface area contributed by atoms with E-state index < -0.39 is 0 Å². The van der Waals surface area contributed by atoms with Gasteiger partial charge in [0.1, 0.15) is 0 Å². The van der Waals surface area contributed by atoms with E-state index in [1.165, 1.54) is 0 Å². The van der Waals surface area contributed by atoms with E-state index in [0.717, 1.165) is 13.1 Å². The van der Waals surface area contributed by atoms with Crippen molar-refractivity contribution in [2.75, 3.05) is 26.7 Å². The third-order valence-electron chi connectivity index (χ3n) is 2.12. The Morgan fingerprint density at radius 2 is 2.38 bits per heavy atom. The molecule has 1 rings (SSSR count). The molecule has 1 fully saturated rings. The minimum absolute atomic E-state index is 0.0801. The molecule has 1 aliphatic heterocycles. The van der Waals surface area contributed by atoms with E-state index in [9.17, 15) is 4.79 Å². The second-order valence-electron chi connectivity index (χ2n) is 3.04. The smallest absolute Gasteiger partial charge is 0.315 e. The van der Waals surface area contributed by atoms with Gasteiger partial charge in [0.05, 0.1) is 12.1 Å². The molecule has 5 heteroatoms. The fourth-order valence-electron chi connectivity index (χ4n) is 1.43. The highest BCUT2D eigenvalue weighted by molar-refractivity contribution is 5.74. The second kappa shape index (κ2) is 5.04. The summed E-state index contributed by atoms with van der Waals surface area (Å²) in [7, 11) is 1.66. The lowest BCUT2D eigenvalue weighted by molar-refractivity contribution is 0.0984. The van der Waals surface area contributed by atoms with Crippen LogP contribution in [0, 0.1) is 0 Å². The van der Waals surface area contributed by atoms with Gasteiger partial charge in [0.15, 0.2) is 0 Å². The average molecular weight is 187 g/mol. The van der Waals surface area contributed by atoms with Crippen LogP contribution >= 0.6 is 0 Å². The molecule has 13 heavy (non-hydrogen) atoms. The number of nitrogens with one attached hydrogen (secondary N) is 3. The van der Waals surface area contributed by atoms with E-state index in [4.69, 9.17) is 4.74 Å². The fourth-order valence-corrected chi connectivity index (χ4v) is 1.43. The largest absolute Gasteiger partial charge is 0.378 e. The molecule has 0 spiro atoms. The first-order valence-corrected chi connectivity index (χ1v) is 4.55. The molecule has 0 aromatic carbocycles. The van der Waals surface area contributed by atoms with Gasteiger partial charge in [0, 0.05) is 26.7 Å². The molecule has 1 saturated heterocycles. The molecule has 2 unspecified atom stereocenters. The SMILES string of the molecule is CCNC(=O)NC1CNCC1OC. The maximum absolute atomic E-state index is 11.2. The normalized spacial score (nSPS) is 27.2. The van der Waals surface area contributed by atoms with Crippen molar-refractivity contribution in [2.45, 2.75) is 19.1 Å². The molecule has 0 aromatic heterocycles. The molecule has 2 atom stereocenters. The molecule has 1 heterocycles. The van der Waals surface area contributed by atoms with Gasteiger partial charge in [-0.25, -0.2) is 4.79 Å². The van der Waals surface area contributed by atoms with Gasteiger partial charge in [-0.1, -0.05) is 0 Å². The molecule has 5 nitrogen and oxygen atoms in total. The van der Waals surface area contributed by atoms with Gasteiger partial charge in [-0.3, -0.25) is 0 Å². The number of carbonyl (C=O) groups excluding carboxylic acids is 1. The number of rotatable bonds is 3. The molecule has 0 radical (unpaired) electrons. The van der Waals surface area contributed by atoms with Crippen LogP contribution in [0.15, 0.2) is 0 Å². The molecular formula is C8H17N3O2. The van der Waals surface area contributed by atoms with Crippen molar-refractivity contribution in [1.29, 1.82) is 0 Å². The molecule has 0 bridgehead atoms. The van der Waals surface area contributed by atoms with Crippen molar-refractivity contribution < 1.29 is 9.53 Å². The Morgan fingerprint density at radius 1 is 1.62 bits per heavy atom. The van der Waals surface area contributed by atoms with Crippen molar-refractivity contribution in [3.05, 3.63) is 0 Å². The standard InChI is InChI=1S/C8H17N3O2/c1-3-10-8(12)11-6-4-9-5-7(6)13-2/h6-7,9H,3-5H2,1-2H3,(H2,10,11,12). The second-order valence-corrected chi connectivity index (χ2v) is 3.04. The van der Waals surface area contributed by atoms with Gasteiger partial charge < -0.3 is 20.7 Å². The minimum atomic E-state index is -0.127. The van der Waals surface area contributed by atoms with Crippen molar-refractivity contribution in [2.24, 2.45) is 0 Å². The van der Waals surface area contributed by atoms with E-state index in [1.807, 2.05) is 6.92 Å². The number of amides is 2. The molecule has 2 amide bonds. The van der Waals surface area contributed by atoms with Crippen molar-refractivity contribution in [3.63, 3.8) is 0 Å². The van der Waals surface area contributed by atoms with Gasteiger partial charge in [-0.15, -0.1) is 0 Å². The summed E-state index contributed by atoms with van der Waals surface area (Å²) in [6.45, 7) is 4.10. The van der Waals surface area contributed by atoms with E-state index in [2.05, 4.69) is 16.0 Å². The summed E-state index contributed by atoms with van der Waals surface area (Å²) in [5.74, 6) is 0. The predicted octanol–water partition coefficient (Wildman–Crippen LogP) is -0.708. The molecular weight excluding hydrogens is 170 g/mol. The fraction of sp³-hybridized carbons (Fsp3) is 0.875. The Balaban J connectivity index is 2.30. The Bertz CT molecular complexity index is 175. The van der Waals surface area contributed by atoms with Gasteiger partial charge in [-0.2, -0.15) is 0 Å². The maximum atomic E-state index is 11.2. The van der Waals surface area contributed by atoms with Gasteiger partial charge >= 0.3 is 6.03 Å². The zero-order valence-corrected chi connectivity index (χ0v) is 8.09. The predicted molar refractivity (Wildman–Crippen MR) is 49.7 cm³/mol. The van der Waals surface area contributed by atoms with Crippen LogP contribution in [0.5, 0.6) is 0 Å². The maximum Gasteiger partial charge on any atom is 0.315 e. The van der Waals surface area contributed by atoms with Gasteiger partial charge in [-0.05, 0) is 6.92 Å². The Kier molecular flexibility index (Phi) is 3.98. The van der Waals surface area contributed by atoms with E-state index >= 15 is 0 Å². The molecule has 0 aromatic rings. The molecule has 0 aliphatic carbocycles. The summed E-state index contributed by atoms with van der Waals surface area (Å²) in [5.41, 5.74) is 0. The zero-order chi connectivity index (χ0) is 9.68. The number of carbonyl (C=O) groups is 1. The van der Waals surface area contributed by atoms with Crippen LogP contribution in [0.2, 0.25) is 0 Å². The highest BCUT2D eigenvalue weighted by Crippen LogP contribution is 2.02. The number of ether oxygens (including phenoxy) is 1. The first-order chi connectivity index (χ1) is 6.27. The van der Waals surface area contributed by atoms with Gasteiger partial charge in [0.25, 0.3) is 0 Å². The molecule has 76 valence electrons. The number of urea groups is 1. The van der Waals surface area contributed by atoms with Crippen LogP contribution in [0.1, 0.15) is 6.92 Å². The van der Waals surface area contributed by atoms with Crippen LogP contribution in [-0.2, 0) is 4.74 Å². The summed E-state index contributed by atoms with van der Waals surface area (Å²) in [4.78, 5) is 11.2. The Morgan fingerprint density at radius 3 is 3.00 bits per heavy atom. The number of hydrogen-bond donors (Lipinski definition) is 3. The monoisotopic (exact) mass is 187 g/mol. The first-order valence-electron chi connectivity index (χ1n) is 4.55. The van der Waals surface area contributed by atoms with Crippen LogP contribution in [0.3, 0.4) is 0 Å². The average Bonchev–Trinajstić information content (AvgIpc) is 2.52. The van der Waals surface area contributed by atoms with Crippen LogP contribution in [0.4, 0.5) is 4.79 Å².